The Morgan fingerprint density at radius 2 is 2.37 bits per heavy atom. The van der Waals surface area contributed by atoms with Crippen LogP contribution in [0.15, 0.2) is 18.2 Å². The number of anilines is 1. The molecule has 0 spiro atoms. The van der Waals surface area contributed by atoms with E-state index in [4.69, 9.17) is 5.11 Å². The van der Waals surface area contributed by atoms with Crippen LogP contribution in [-0.2, 0) is 4.79 Å². The molecular formula is C14H19FN2O2. The lowest BCUT2D eigenvalue weighted by Crippen LogP contribution is -2.38. The van der Waals surface area contributed by atoms with Gasteiger partial charge in [0.25, 0.3) is 0 Å². The summed E-state index contributed by atoms with van der Waals surface area (Å²) >= 11 is 0. The number of benzene rings is 1. The fourth-order valence-corrected chi connectivity index (χ4v) is 2.59. The van der Waals surface area contributed by atoms with E-state index < -0.39 is 17.0 Å². The van der Waals surface area contributed by atoms with Gasteiger partial charge in [-0.2, -0.15) is 0 Å². The van der Waals surface area contributed by atoms with Crippen LogP contribution in [-0.4, -0.2) is 24.1 Å². The van der Waals surface area contributed by atoms with Gasteiger partial charge in [0, 0.05) is 18.3 Å². The van der Waals surface area contributed by atoms with Crippen LogP contribution in [0.5, 0.6) is 5.75 Å². The van der Waals surface area contributed by atoms with E-state index in [1.165, 1.54) is 12.1 Å². The third-order valence-corrected chi connectivity index (χ3v) is 3.66. The van der Waals surface area contributed by atoms with Crippen LogP contribution < -0.4 is 10.6 Å². The van der Waals surface area contributed by atoms with Crippen molar-refractivity contribution in [1.82, 2.24) is 5.32 Å². The van der Waals surface area contributed by atoms with Crippen molar-refractivity contribution in [3.05, 3.63) is 24.0 Å². The molecule has 19 heavy (non-hydrogen) atoms. The van der Waals surface area contributed by atoms with Crippen LogP contribution in [0.1, 0.15) is 26.2 Å². The summed E-state index contributed by atoms with van der Waals surface area (Å²) in [6.45, 7) is 3.54. The number of rotatable bonds is 4. The molecule has 1 atom stereocenters. The van der Waals surface area contributed by atoms with E-state index in [-0.39, 0.29) is 5.91 Å². The van der Waals surface area contributed by atoms with E-state index in [9.17, 15) is 9.18 Å². The van der Waals surface area contributed by atoms with E-state index in [0.717, 1.165) is 31.9 Å². The normalized spacial score (nSPS) is 22.4. The highest BCUT2D eigenvalue weighted by molar-refractivity contribution is 5.95. The first-order valence-electron chi connectivity index (χ1n) is 6.58. The highest BCUT2D eigenvalue weighted by atomic mass is 19.1. The first-order chi connectivity index (χ1) is 9.07. The van der Waals surface area contributed by atoms with E-state index in [2.05, 4.69) is 10.6 Å². The maximum atomic E-state index is 13.2. The Labute approximate surface area is 112 Å². The molecule has 1 aromatic carbocycles. The van der Waals surface area contributed by atoms with Crippen LogP contribution in [0.25, 0.3) is 0 Å². The molecule has 1 aliphatic rings. The van der Waals surface area contributed by atoms with E-state index in [0.29, 0.717) is 12.2 Å². The topological polar surface area (TPSA) is 61.4 Å². The van der Waals surface area contributed by atoms with Crippen molar-refractivity contribution >= 4 is 11.6 Å². The van der Waals surface area contributed by atoms with Crippen LogP contribution in [0.3, 0.4) is 0 Å². The van der Waals surface area contributed by atoms with E-state index >= 15 is 0 Å². The third-order valence-electron chi connectivity index (χ3n) is 3.66. The Bertz CT molecular complexity index is 471. The molecule has 1 aliphatic heterocycles. The molecule has 4 nitrogen and oxygen atoms in total. The molecule has 1 amide bonds. The minimum Gasteiger partial charge on any atom is -0.505 e. The molecule has 0 aromatic heterocycles. The number of amides is 1. The predicted molar refractivity (Wildman–Crippen MR) is 71.5 cm³/mol. The predicted octanol–water partition coefficient (Wildman–Crippen LogP) is 2.25. The van der Waals surface area contributed by atoms with Gasteiger partial charge in [-0.1, -0.05) is 13.3 Å². The van der Waals surface area contributed by atoms with Crippen molar-refractivity contribution in [3.8, 4) is 5.75 Å². The fourth-order valence-electron chi connectivity index (χ4n) is 2.59. The molecule has 1 heterocycles. The van der Waals surface area contributed by atoms with Crippen molar-refractivity contribution < 1.29 is 14.3 Å². The van der Waals surface area contributed by atoms with Gasteiger partial charge in [-0.3, -0.25) is 4.79 Å². The van der Waals surface area contributed by atoms with Crippen molar-refractivity contribution in [2.45, 2.75) is 26.2 Å². The quantitative estimate of drug-likeness (QED) is 0.732. The molecular weight excluding hydrogens is 247 g/mol. The number of hydrogen-bond donors (Lipinski definition) is 3. The zero-order valence-electron chi connectivity index (χ0n) is 11.0. The zero-order valence-corrected chi connectivity index (χ0v) is 11.0. The lowest BCUT2D eigenvalue weighted by molar-refractivity contribution is -0.125. The summed E-state index contributed by atoms with van der Waals surface area (Å²) < 4.78 is 13.2. The summed E-state index contributed by atoms with van der Waals surface area (Å²) in [6, 6.07) is 3.87. The van der Waals surface area contributed by atoms with Gasteiger partial charge in [-0.25, -0.2) is 4.39 Å². The Balaban J connectivity index is 2.12. The van der Waals surface area contributed by atoms with Gasteiger partial charge < -0.3 is 15.7 Å². The Morgan fingerprint density at radius 3 is 2.95 bits per heavy atom. The van der Waals surface area contributed by atoms with Gasteiger partial charge in [0.1, 0.15) is 0 Å². The highest BCUT2D eigenvalue weighted by Gasteiger charge is 2.40. The summed E-state index contributed by atoms with van der Waals surface area (Å²) in [5.41, 5.74) is -0.0222. The van der Waals surface area contributed by atoms with E-state index in [1.807, 2.05) is 6.92 Å². The number of aromatic hydroxyl groups is 1. The number of phenols is 1. The molecule has 0 aliphatic carbocycles. The molecule has 1 saturated heterocycles. The number of hydrogen-bond acceptors (Lipinski definition) is 3. The van der Waals surface area contributed by atoms with Crippen LogP contribution in [0.4, 0.5) is 10.1 Å². The molecule has 2 rings (SSSR count). The minimum atomic E-state index is -0.730. The number of nitrogens with one attached hydrogen (secondary N) is 2. The smallest absolute Gasteiger partial charge is 0.231 e. The second kappa shape index (κ2) is 5.57. The average molecular weight is 266 g/mol. The summed E-state index contributed by atoms with van der Waals surface area (Å²) in [5.74, 6) is -1.22. The lowest BCUT2D eigenvalue weighted by Gasteiger charge is -2.26. The lowest BCUT2D eigenvalue weighted by atomic mass is 9.81. The summed E-state index contributed by atoms with van der Waals surface area (Å²) in [7, 11) is 0. The fraction of sp³-hybridized carbons (Fsp3) is 0.500. The zero-order chi connectivity index (χ0) is 13.9. The minimum absolute atomic E-state index is 0.0792. The standard InChI is InChI=1S/C14H19FN2O2/c1-2-5-14(6-7-16-9-14)13(19)17-10-3-4-12(18)11(15)8-10/h3-4,8,16,18H,2,5-7,9H2,1H3,(H,17,19). The Morgan fingerprint density at radius 1 is 1.58 bits per heavy atom. The van der Waals surface area contributed by atoms with Gasteiger partial charge in [-0.15, -0.1) is 0 Å². The summed E-state index contributed by atoms with van der Waals surface area (Å²) in [5, 5.41) is 15.1. The van der Waals surface area contributed by atoms with Crippen LogP contribution >= 0.6 is 0 Å². The van der Waals surface area contributed by atoms with Crippen molar-refractivity contribution in [2.24, 2.45) is 5.41 Å². The maximum Gasteiger partial charge on any atom is 0.231 e. The number of phenolic OH excluding ortho intramolecular Hbond substituents is 1. The second-order valence-corrected chi connectivity index (χ2v) is 5.08. The largest absolute Gasteiger partial charge is 0.505 e. The van der Waals surface area contributed by atoms with Gasteiger partial charge >= 0.3 is 0 Å². The van der Waals surface area contributed by atoms with Crippen molar-refractivity contribution in [1.29, 1.82) is 0 Å². The number of halogens is 1. The van der Waals surface area contributed by atoms with Crippen LogP contribution in [0.2, 0.25) is 0 Å². The van der Waals surface area contributed by atoms with Crippen molar-refractivity contribution in [3.63, 3.8) is 0 Å². The summed E-state index contributed by atoms with van der Waals surface area (Å²) in [6.07, 6.45) is 2.54. The highest BCUT2D eigenvalue weighted by Crippen LogP contribution is 2.33. The van der Waals surface area contributed by atoms with Gasteiger partial charge in [0.05, 0.1) is 5.41 Å². The molecule has 0 bridgehead atoms. The number of carbonyl (C=O) groups excluding carboxylic acids is 1. The molecule has 104 valence electrons. The molecule has 1 fully saturated rings. The maximum absolute atomic E-state index is 13.2. The van der Waals surface area contributed by atoms with E-state index in [1.54, 1.807) is 0 Å². The van der Waals surface area contributed by atoms with Gasteiger partial charge in [0.15, 0.2) is 11.6 Å². The third kappa shape index (κ3) is 2.87. The molecule has 0 radical (unpaired) electrons. The van der Waals surface area contributed by atoms with Gasteiger partial charge in [0.2, 0.25) is 5.91 Å². The van der Waals surface area contributed by atoms with Gasteiger partial charge in [-0.05, 0) is 31.5 Å². The number of carbonyl (C=O) groups is 1. The summed E-state index contributed by atoms with van der Waals surface area (Å²) in [4.78, 5) is 12.4. The molecule has 0 saturated carbocycles. The molecule has 1 aromatic rings. The molecule has 1 unspecified atom stereocenters. The van der Waals surface area contributed by atoms with Crippen LogP contribution in [0, 0.1) is 11.2 Å². The Kier molecular flexibility index (Phi) is 4.04. The first-order valence-corrected chi connectivity index (χ1v) is 6.58. The monoisotopic (exact) mass is 266 g/mol. The first kappa shape index (κ1) is 13.8. The van der Waals surface area contributed by atoms with Crippen molar-refractivity contribution in [2.75, 3.05) is 18.4 Å². The Hall–Kier alpha value is -1.62. The second-order valence-electron chi connectivity index (χ2n) is 5.08. The SMILES string of the molecule is CCCC1(C(=O)Nc2ccc(O)c(F)c2)CCNC1. The molecule has 3 N–H and O–H groups in total. The average Bonchev–Trinajstić information content (AvgIpc) is 2.84. The molecule has 5 heteroatoms.